The first-order valence-electron chi connectivity index (χ1n) is 9.88. The molecule has 28 heavy (non-hydrogen) atoms. The molecule has 6 nitrogen and oxygen atoms in total. The molecule has 1 amide bonds. The van der Waals surface area contributed by atoms with Crippen molar-refractivity contribution in [1.82, 2.24) is 19.9 Å². The van der Waals surface area contributed by atoms with E-state index in [1.54, 1.807) is 0 Å². The van der Waals surface area contributed by atoms with Crippen LogP contribution in [0.2, 0.25) is 0 Å². The van der Waals surface area contributed by atoms with Gasteiger partial charge in [-0.1, -0.05) is 37.3 Å². The van der Waals surface area contributed by atoms with E-state index in [2.05, 4.69) is 15.3 Å². The molecule has 2 heterocycles. The second-order valence-electron chi connectivity index (χ2n) is 7.26. The summed E-state index contributed by atoms with van der Waals surface area (Å²) in [7, 11) is 0. The van der Waals surface area contributed by atoms with Gasteiger partial charge in [0.2, 0.25) is 5.91 Å². The average molecular weight is 376 g/mol. The molecule has 1 atom stereocenters. The third kappa shape index (κ3) is 3.54. The van der Waals surface area contributed by atoms with Crippen molar-refractivity contribution >= 4 is 16.9 Å². The number of aryl methyl sites for hydroxylation is 2. The Labute approximate surface area is 163 Å². The lowest BCUT2D eigenvalue weighted by Gasteiger charge is -2.19. The Morgan fingerprint density at radius 1 is 1.21 bits per heavy atom. The molecule has 144 valence electrons. The van der Waals surface area contributed by atoms with E-state index in [1.165, 1.54) is 10.9 Å². The molecule has 3 aromatic rings. The molecule has 0 bridgehead atoms. The van der Waals surface area contributed by atoms with Crippen LogP contribution in [0, 0.1) is 0 Å². The van der Waals surface area contributed by atoms with Crippen LogP contribution in [0.4, 0.5) is 0 Å². The predicted octanol–water partition coefficient (Wildman–Crippen LogP) is 2.94. The molecule has 1 unspecified atom stereocenters. The SMILES string of the molecule is CCC(C(=O)NCc1ccccc1)n1cnc2nc3c(cc2c1=O)CCCC3. The number of carbonyl (C=O) groups excluding carboxylic acids is 1. The number of carbonyl (C=O) groups is 1. The van der Waals surface area contributed by atoms with Gasteiger partial charge in [0.1, 0.15) is 12.4 Å². The van der Waals surface area contributed by atoms with E-state index in [0.29, 0.717) is 24.0 Å². The van der Waals surface area contributed by atoms with Crippen LogP contribution in [0.3, 0.4) is 0 Å². The Balaban J connectivity index is 1.63. The van der Waals surface area contributed by atoms with Crippen LogP contribution in [-0.2, 0) is 24.2 Å². The zero-order valence-electron chi connectivity index (χ0n) is 16.0. The number of nitrogens with zero attached hydrogens (tertiary/aromatic N) is 3. The molecule has 1 aromatic carbocycles. The Kier molecular flexibility index (Phi) is 5.19. The van der Waals surface area contributed by atoms with E-state index >= 15 is 0 Å². The zero-order chi connectivity index (χ0) is 19.5. The van der Waals surface area contributed by atoms with Gasteiger partial charge in [0.25, 0.3) is 5.56 Å². The third-order valence-electron chi connectivity index (χ3n) is 5.38. The van der Waals surface area contributed by atoms with E-state index in [4.69, 9.17) is 0 Å². The molecule has 0 saturated heterocycles. The minimum Gasteiger partial charge on any atom is -0.350 e. The van der Waals surface area contributed by atoms with Crippen LogP contribution < -0.4 is 10.9 Å². The van der Waals surface area contributed by atoms with Crippen molar-refractivity contribution in [3.63, 3.8) is 0 Å². The summed E-state index contributed by atoms with van der Waals surface area (Å²) >= 11 is 0. The lowest BCUT2D eigenvalue weighted by Crippen LogP contribution is -2.37. The first kappa shape index (κ1) is 18.3. The van der Waals surface area contributed by atoms with Crippen LogP contribution >= 0.6 is 0 Å². The maximum atomic E-state index is 13.1. The Morgan fingerprint density at radius 3 is 2.79 bits per heavy atom. The van der Waals surface area contributed by atoms with Gasteiger partial charge in [-0.05, 0) is 49.3 Å². The van der Waals surface area contributed by atoms with Gasteiger partial charge in [-0.2, -0.15) is 0 Å². The smallest absolute Gasteiger partial charge is 0.263 e. The van der Waals surface area contributed by atoms with Crippen LogP contribution in [0.15, 0.2) is 47.5 Å². The van der Waals surface area contributed by atoms with Crippen molar-refractivity contribution in [2.24, 2.45) is 0 Å². The lowest BCUT2D eigenvalue weighted by molar-refractivity contribution is -0.124. The minimum absolute atomic E-state index is 0.180. The van der Waals surface area contributed by atoms with E-state index in [1.807, 2.05) is 43.3 Å². The van der Waals surface area contributed by atoms with Crippen molar-refractivity contribution in [2.45, 2.75) is 51.6 Å². The van der Waals surface area contributed by atoms with Gasteiger partial charge in [0.15, 0.2) is 5.65 Å². The van der Waals surface area contributed by atoms with E-state index in [0.717, 1.165) is 42.5 Å². The van der Waals surface area contributed by atoms with Gasteiger partial charge in [-0.25, -0.2) is 9.97 Å². The Morgan fingerprint density at radius 2 is 2.00 bits per heavy atom. The predicted molar refractivity (Wildman–Crippen MR) is 108 cm³/mol. The topological polar surface area (TPSA) is 76.9 Å². The van der Waals surface area contributed by atoms with E-state index < -0.39 is 6.04 Å². The summed E-state index contributed by atoms with van der Waals surface area (Å²) in [5.41, 5.74) is 3.48. The highest BCUT2D eigenvalue weighted by Crippen LogP contribution is 2.22. The summed E-state index contributed by atoms with van der Waals surface area (Å²) in [6.07, 6.45) is 6.10. The van der Waals surface area contributed by atoms with Crippen molar-refractivity contribution in [3.8, 4) is 0 Å². The summed E-state index contributed by atoms with van der Waals surface area (Å²) in [5, 5.41) is 3.43. The van der Waals surface area contributed by atoms with Crippen LogP contribution in [-0.4, -0.2) is 20.4 Å². The van der Waals surface area contributed by atoms with Crippen LogP contribution in [0.1, 0.15) is 49.0 Å². The van der Waals surface area contributed by atoms with Crippen molar-refractivity contribution in [1.29, 1.82) is 0 Å². The lowest BCUT2D eigenvalue weighted by atomic mass is 9.95. The Hall–Kier alpha value is -3.02. The highest BCUT2D eigenvalue weighted by Gasteiger charge is 2.22. The second-order valence-corrected chi connectivity index (χ2v) is 7.26. The Bertz CT molecular complexity index is 1060. The van der Waals surface area contributed by atoms with E-state index in [-0.39, 0.29) is 11.5 Å². The summed E-state index contributed by atoms with van der Waals surface area (Å²) in [6, 6.07) is 11.1. The largest absolute Gasteiger partial charge is 0.350 e. The molecular formula is C22H24N4O2. The van der Waals surface area contributed by atoms with Crippen molar-refractivity contribution in [2.75, 3.05) is 0 Å². The molecule has 0 spiro atoms. The highest BCUT2D eigenvalue weighted by molar-refractivity contribution is 5.81. The fraction of sp³-hybridized carbons (Fsp3) is 0.364. The number of nitrogens with one attached hydrogen (secondary N) is 1. The van der Waals surface area contributed by atoms with Gasteiger partial charge in [0, 0.05) is 12.2 Å². The molecule has 2 aromatic heterocycles. The monoisotopic (exact) mass is 376 g/mol. The number of hydrogen-bond donors (Lipinski definition) is 1. The molecule has 0 saturated carbocycles. The fourth-order valence-corrected chi connectivity index (χ4v) is 3.82. The summed E-state index contributed by atoms with van der Waals surface area (Å²) in [6.45, 7) is 2.33. The van der Waals surface area contributed by atoms with Gasteiger partial charge in [-0.3, -0.25) is 14.2 Å². The zero-order valence-corrected chi connectivity index (χ0v) is 16.0. The first-order chi connectivity index (χ1) is 13.7. The standard InChI is InChI=1S/C22H24N4O2/c1-2-19(21(27)23-13-15-8-4-3-5-9-15)26-14-24-20-17(22(26)28)12-16-10-6-7-11-18(16)25-20/h3-5,8-9,12,14,19H,2,6-7,10-11,13H2,1H3,(H,23,27). The third-order valence-corrected chi connectivity index (χ3v) is 5.38. The molecule has 4 rings (SSSR count). The number of aromatic nitrogens is 3. The normalized spacial score (nSPS) is 14.5. The summed E-state index contributed by atoms with van der Waals surface area (Å²) in [4.78, 5) is 34.8. The van der Waals surface area contributed by atoms with Crippen LogP contribution in [0.25, 0.3) is 11.0 Å². The van der Waals surface area contributed by atoms with Crippen LogP contribution in [0.5, 0.6) is 0 Å². The molecule has 0 radical (unpaired) electrons. The fourth-order valence-electron chi connectivity index (χ4n) is 3.82. The van der Waals surface area contributed by atoms with Gasteiger partial charge < -0.3 is 5.32 Å². The van der Waals surface area contributed by atoms with Gasteiger partial charge in [-0.15, -0.1) is 0 Å². The number of amides is 1. The molecule has 0 fully saturated rings. The molecule has 1 aliphatic rings. The number of pyridine rings is 1. The maximum absolute atomic E-state index is 13.1. The minimum atomic E-state index is -0.593. The van der Waals surface area contributed by atoms with Crippen molar-refractivity contribution in [3.05, 3.63) is 69.9 Å². The number of benzene rings is 1. The first-order valence-corrected chi connectivity index (χ1v) is 9.88. The molecule has 1 aliphatic carbocycles. The highest BCUT2D eigenvalue weighted by atomic mass is 16.2. The quantitative estimate of drug-likeness (QED) is 0.743. The average Bonchev–Trinajstić information content (AvgIpc) is 2.74. The summed E-state index contributed by atoms with van der Waals surface area (Å²) in [5.74, 6) is -0.180. The van der Waals surface area contributed by atoms with Gasteiger partial charge >= 0.3 is 0 Å². The van der Waals surface area contributed by atoms with Gasteiger partial charge in [0.05, 0.1) is 5.39 Å². The number of fused-ring (bicyclic) bond motifs is 2. The van der Waals surface area contributed by atoms with Crippen molar-refractivity contribution < 1.29 is 4.79 Å². The number of hydrogen-bond acceptors (Lipinski definition) is 4. The maximum Gasteiger partial charge on any atom is 0.263 e. The second kappa shape index (κ2) is 7.92. The molecule has 1 N–H and O–H groups in total. The molecular weight excluding hydrogens is 352 g/mol. The summed E-state index contributed by atoms with van der Waals surface area (Å²) < 4.78 is 1.44. The number of rotatable bonds is 5. The molecule has 0 aliphatic heterocycles. The molecule has 6 heteroatoms. The van der Waals surface area contributed by atoms with E-state index in [9.17, 15) is 9.59 Å².